The Labute approximate surface area is 115 Å². The lowest BCUT2D eigenvalue weighted by Crippen LogP contribution is -2.35. The molecule has 0 aliphatic rings. The van der Waals surface area contributed by atoms with E-state index in [2.05, 4.69) is 40.4 Å². The first-order chi connectivity index (χ1) is 8.02. The molecule has 0 saturated heterocycles. The summed E-state index contributed by atoms with van der Waals surface area (Å²) < 4.78 is 14.2. The third kappa shape index (κ3) is 5.00. The van der Waals surface area contributed by atoms with Gasteiger partial charge in [-0.15, -0.1) is 0 Å². The fourth-order valence-corrected chi connectivity index (χ4v) is 2.12. The van der Waals surface area contributed by atoms with Gasteiger partial charge in [0.15, 0.2) is 5.11 Å². The van der Waals surface area contributed by atoms with Gasteiger partial charge in [-0.25, -0.2) is 4.39 Å². The third-order valence-corrected chi connectivity index (χ3v) is 2.99. The second-order valence-corrected chi connectivity index (χ2v) is 5.24. The lowest BCUT2D eigenvalue weighted by Gasteiger charge is -2.16. The van der Waals surface area contributed by atoms with Crippen LogP contribution in [-0.2, 0) is 0 Å². The van der Waals surface area contributed by atoms with Crippen molar-refractivity contribution in [3.8, 4) is 0 Å². The van der Waals surface area contributed by atoms with E-state index >= 15 is 0 Å². The fraction of sp³-hybridized carbons (Fsp3) is 0.417. The number of nitrogens with one attached hydrogen (secondary N) is 2. The highest BCUT2D eigenvalue weighted by atomic mass is 79.9. The predicted octanol–water partition coefficient (Wildman–Crippen LogP) is 4.06. The zero-order valence-electron chi connectivity index (χ0n) is 9.89. The molecule has 0 spiro atoms. The molecular formula is C12H16BrFN2S. The van der Waals surface area contributed by atoms with Gasteiger partial charge < -0.3 is 10.6 Å². The summed E-state index contributed by atoms with van der Waals surface area (Å²) >= 11 is 8.33. The maximum absolute atomic E-state index is 13.5. The third-order valence-electron chi connectivity index (χ3n) is 2.28. The molecule has 2 nitrogen and oxygen atoms in total. The Morgan fingerprint density at radius 1 is 1.53 bits per heavy atom. The first-order valence-electron chi connectivity index (χ1n) is 5.55. The Bertz CT molecular complexity index is 398. The van der Waals surface area contributed by atoms with Crippen molar-refractivity contribution in [3.63, 3.8) is 0 Å². The first kappa shape index (κ1) is 14.4. The monoisotopic (exact) mass is 318 g/mol. The topological polar surface area (TPSA) is 24.1 Å². The van der Waals surface area contributed by atoms with Gasteiger partial charge in [0.2, 0.25) is 0 Å². The van der Waals surface area contributed by atoms with E-state index < -0.39 is 0 Å². The highest BCUT2D eigenvalue weighted by molar-refractivity contribution is 9.10. The molecule has 0 heterocycles. The highest BCUT2D eigenvalue weighted by Gasteiger charge is 2.06. The lowest BCUT2D eigenvalue weighted by molar-refractivity contribution is 0.598. The zero-order chi connectivity index (χ0) is 12.8. The maximum Gasteiger partial charge on any atom is 0.171 e. The van der Waals surface area contributed by atoms with Gasteiger partial charge in [0.1, 0.15) is 5.82 Å². The molecule has 1 atom stereocenters. The SMILES string of the molecule is CCC[C@@H](C)NC(=S)Nc1ccc(Br)cc1F. The molecule has 1 aromatic carbocycles. The van der Waals surface area contributed by atoms with Crippen LogP contribution < -0.4 is 10.6 Å². The van der Waals surface area contributed by atoms with Crippen molar-refractivity contribution < 1.29 is 4.39 Å². The number of halogens is 2. The molecule has 5 heteroatoms. The van der Waals surface area contributed by atoms with Gasteiger partial charge in [-0.3, -0.25) is 0 Å². The number of benzene rings is 1. The maximum atomic E-state index is 13.5. The van der Waals surface area contributed by atoms with Crippen LogP contribution in [0.25, 0.3) is 0 Å². The largest absolute Gasteiger partial charge is 0.360 e. The van der Waals surface area contributed by atoms with Gasteiger partial charge in [0.05, 0.1) is 5.69 Å². The molecule has 0 aliphatic carbocycles. The van der Waals surface area contributed by atoms with Crippen LogP contribution in [0.2, 0.25) is 0 Å². The van der Waals surface area contributed by atoms with Gasteiger partial charge in [0, 0.05) is 10.5 Å². The molecule has 0 aromatic heterocycles. The number of anilines is 1. The Morgan fingerprint density at radius 3 is 2.82 bits per heavy atom. The molecule has 0 unspecified atom stereocenters. The summed E-state index contributed by atoms with van der Waals surface area (Å²) in [4.78, 5) is 0. The van der Waals surface area contributed by atoms with Crippen molar-refractivity contribution in [3.05, 3.63) is 28.5 Å². The normalized spacial score (nSPS) is 12.0. The Balaban J connectivity index is 2.56. The van der Waals surface area contributed by atoms with E-state index in [1.54, 1.807) is 12.1 Å². The van der Waals surface area contributed by atoms with E-state index in [-0.39, 0.29) is 5.82 Å². The molecule has 2 N–H and O–H groups in total. The van der Waals surface area contributed by atoms with E-state index in [0.29, 0.717) is 21.3 Å². The van der Waals surface area contributed by atoms with Crippen LogP contribution in [0.5, 0.6) is 0 Å². The molecule has 0 aliphatic heterocycles. The Hall–Kier alpha value is -0.680. The summed E-state index contributed by atoms with van der Waals surface area (Å²) in [5, 5.41) is 6.42. The van der Waals surface area contributed by atoms with Crippen LogP contribution in [0, 0.1) is 5.82 Å². The molecule has 0 bridgehead atoms. The molecule has 1 aromatic rings. The van der Waals surface area contributed by atoms with Crippen LogP contribution in [0.15, 0.2) is 22.7 Å². The molecule has 0 saturated carbocycles. The minimum atomic E-state index is -0.327. The second kappa shape index (κ2) is 6.91. The summed E-state index contributed by atoms with van der Waals surface area (Å²) in [5.74, 6) is -0.327. The average molecular weight is 319 g/mol. The molecule has 17 heavy (non-hydrogen) atoms. The number of rotatable bonds is 4. The summed E-state index contributed by atoms with van der Waals surface area (Å²) in [6.45, 7) is 4.17. The van der Waals surface area contributed by atoms with E-state index in [1.807, 2.05) is 0 Å². The predicted molar refractivity (Wildman–Crippen MR) is 77.8 cm³/mol. The van der Waals surface area contributed by atoms with Crippen molar-refractivity contribution in [2.24, 2.45) is 0 Å². The molecule has 0 radical (unpaired) electrons. The molecule has 94 valence electrons. The van der Waals surface area contributed by atoms with Gasteiger partial charge in [-0.1, -0.05) is 29.3 Å². The van der Waals surface area contributed by atoms with Gasteiger partial charge in [-0.05, 0) is 43.8 Å². The molecule has 0 fully saturated rings. The quantitative estimate of drug-likeness (QED) is 0.818. The van der Waals surface area contributed by atoms with Crippen molar-refractivity contribution >= 4 is 38.9 Å². The van der Waals surface area contributed by atoms with Crippen LogP contribution in [0.4, 0.5) is 10.1 Å². The molecular weight excluding hydrogens is 303 g/mol. The van der Waals surface area contributed by atoms with E-state index in [0.717, 1.165) is 12.8 Å². The van der Waals surface area contributed by atoms with Crippen molar-refractivity contribution in [1.82, 2.24) is 5.32 Å². The van der Waals surface area contributed by atoms with Crippen LogP contribution in [0.1, 0.15) is 26.7 Å². The minimum Gasteiger partial charge on any atom is -0.360 e. The fourth-order valence-electron chi connectivity index (χ4n) is 1.48. The van der Waals surface area contributed by atoms with Crippen molar-refractivity contribution in [2.75, 3.05) is 5.32 Å². The standard InChI is InChI=1S/C12H16BrFN2S/c1-3-4-8(2)15-12(17)16-11-6-5-9(13)7-10(11)14/h5-8H,3-4H2,1-2H3,(H2,15,16,17)/t8-/m1/s1. The summed E-state index contributed by atoms with van der Waals surface area (Å²) in [5.41, 5.74) is 0.384. The van der Waals surface area contributed by atoms with Gasteiger partial charge >= 0.3 is 0 Å². The average Bonchev–Trinajstić information content (AvgIpc) is 2.22. The summed E-state index contributed by atoms with van der Waals surface area (Å²) in [6, 6.07) is 5.11. The number of thiocarbonyl (C=S) groups is 1. The second-order valence-electron chi connectivity index (χ2n) is 3.91. The molecule has 0 amide bonds. The van der Waals surface area contributed by atoms with Gasteiger partial charge in [0.25, 0.3) is 0 Å². The smallest absolute Gasteiger partial charge is 0.171 e. The number of hydrogen-bond donors (Lipinski definition) is 2. The Kier molecular flexibility index (Phi) is 5.85. The molecule has 1 rings (SSSR count). The first-order valence-corrected chi connectivity index (χ1v) is 6.75. The van der Waals surface area contributed by atoms with Crippen molar-refractivity contribution in [1.29, 1.82) is 0 Å². The van der Waals surface area contributed by atoms with Crippen LogP contribution in [-0.4, -0.2) is 11.2 Å². The van der Waals surface area contributed by atoms with Crippen LogP contribution >= 0.6 is 28.1 Å². The number of hydrogen-bond acceptors (Lipinski definition) is 1. The van der Waals surface area contributed by atoms with Gasteiger partial charge in [-0.2, -0.15) is 0 Å². The van der Waals surface area contributed by atoms with Crippen molar-refractivity contribution in [2.45, 2.75) is 32.7 Å². The summed E-state index contributed by atoms with van der Waals surface area (Å²) in [7, 11) is 0. The van der Waals surface area contributed by atoms with E-state index in [4.69, 9.17) is 12.2 Å². The lowest BCUT2D eigenvalue weighted by atomic mass is 10.2. The minimum absolute atomic E-state index is 0.290. The van der Waals surface area contributed by atoms with E-state index in [9.17, 15) is 4.39 Å². The van der Waals surface area contributed by atoms with Crippen LogP contribution in [0.3, 0.4) is 0 Å². The Morgan fingerprint density at radius 2 is 2.24 bits per heavy atom. The summed E-state index contributed by atoms with van der Waals surface area (Å²) in [6.07, 6.45) is 2.12. The highest BCUT2D eigenvalue weighted by Crippen LogP contribution is 2.19. The zero-order valence-corrected chi connectivity index (χ0v) is 12.3. The van der Waals surface area contributed by atoms with E-state index in [1.165, 1.54) is 6.07 Å².